The SMILES string of the molecule is C[C@](c1cc(F)cc(OC(F)(F)C(F)F)c1)(c1ccc(F)c(C2CCCC2)c1)N(C(=O)c1ccc(F)c(C(F)(F)F)c1)c1ccccc1. The third-order valence-corrected chi connectivity index (χ3v) is 8.48. The van der Waals surface area contributed by atoms with Crippen LogP contribution >= 0.6 is 0 Å². The molecule has 0 aliphatic heterocycles. The van der Waals surface area contributed by atoms with E-state index in [1.807, 2.05) is 0 Å². The van der Waals surface area contributed by atoms with E-state index in [0.717, 1.165) is 42.0 Å². The second kappa shape index (κ2) is 13.2. The van der Waals surface area contributed by atoms with Crippen LogP contribution in [0.25, 0.3) is 0 Å². The van der Waals surface area contributed by atoms with Crippen molar-refractivity contribution in [2.45, 2.75) is 62.8 Å². The lowest BCUT2D eigenvalue weighted by molar-refractivity contribution is -0.253. The molecular formula is C35H27F10NO2. The highest BCUT2D eigenvalue weighted by atomic mass is 19.4. The third-order valence-electron chi connectivity index (χ3n) is 8.48. The van der Waals surface area contributed by atoms with E-state index in [4.69, 9.17) is 0 Å². The van der Waals surface area contributed by atoms with E-state index in [0.29, 0.717) is 31.0 Å². The van der Waals surface area contributed by atoms with Crippen LogP contribution in [0.3, 0.4) is 0 Å². The maximum atomic E-state index is 15.3. The van der Waals surface area contributed by atoms with Crippen LogP contribution in [0.5, 0.6) is 5.75 Å². The highest BCUT2D eigenvalue weighted by Gasteiger charge is 2.46. The lowest BCUT2D eigenvalue weighted by atomic mass is 9.80. The zero-order valence-corrected chi connectivity index (χ0v) is 25.1. The lowest BCUT2D eigenvalue weighted by Crippen LogP contribution is -2.49. The van der Waals surface area contributed by atoms with Gasteiger partial charge in [0.05, 0.1) is 11.1 Å². The second-order valence-corrected chi connectivity index (χ2v) is 11.6. The fourth-order valence-corrected chi connectivity index (χ4v) is 6.09. The average Bonchev–Trinajstić information content (AvgIpc) is 3.56. The molecule has 1 atom stereocenters. The molecule has 5 rings (SSSR count). The van der Waals surface area contributed by atoms with E-state index < -0.39 is 64.5 Å². The van der Waals surface area contributed by atoms with Crippen LogP contribution in [0.2, 0.25) is 0 Å². The first kappa shape index (κ1) is 34.8. The normalized spacial score (nSPS) is 15.4. The molecule has 4 aromatic carbocycles. The quantitative estimate of drug-likeness (QED) is 0.164. The summed E-state index contributed by atoms with van der Waals surface area (Å²) in [5, 5.41) is 0. The maximum Gasteiger partial charge on any atom is 0.461 e. The predicted octanol–water partition coefficient (Wildman–Crippen LogP) is 10.6. The van der Waals surface area contributed by atoms with Gasteiger partial charge in [-0.05, 0) is 97.0 Å². The van der Waals surface area contributed by atoms with Gasteiger partial charge < -0.3 is 4.74 Å². The van der Waals surface area contributed by atoms with Gasteiger partial charge in [-0.1, -0.05) is 37.1 Å². The molecule has 1 aliphatic rings. The van der Waals surface area contributed by atoms with Crippen LogP contribution in [0.1, 0.15) is 71.1 Å². The maximum absolute atomic E-state index is 15.3. The minimum Gasteiger partial charge on any atom is -0.428 e. The highest BCUT2D eigenvalue weighted by Crippen LogP contribution is 2.45. The minimum absolute atomic E-state index is 0.000681. The van der Waals surface area contributed by atoms with Gasteiger partial charge >= 0.3 is 18.7 Å². The molecule has 3 nitrogen and oxygen atoms in total. The minimum atomic E-state index is -5.20. The van der Waals surface area contributed by atoms with E-state index in [9.17, 15) is 39.9 Å². The number of carbonyl (C=O) groups excluding carboxylic acids is 1. The van der Waals surface area contributed by atoms with Gasteiger partial charge in [0.1, 0.15) is 23.2 Å². The first-order chi connectivity index (χ1) is 22.5. The molecule has 0 bridgehead atoms. The smallest absolute Gasteiger partial charge is 0.428 e. The Morgan fingerprint density at radius 1 is 0.792 bits per heavy atom. The number of alkyl halides is 7. The number of hydrogen-bond donors (Lipinski definition) is 0. The fourth-order valence-electron chi connectivity index (χ4n) is 6.09. The van der Waals surface area contributed by atoms with Crippen molar-refractivity contribution in [1.29, 1.82) is 0 Å². The van der Waals surface area contributed by atoms with E-state index in [-0.39, 0.29) is 28.3 Å². The Kier molecular flexibility index (Phi) is 9.53. The molecule has 0 unspecified atom stereocenters. The van der Waals surface area contributed by atoms with E-state index >= 15 is 8.78 Å². The molecule has 1 aliphatic carbocycles. The summed E-state index contributed by atoms with van der Waals surface area (Å²) in [5.74, 6) is -5.98. The molecule has 1 amide bonds. The van der Waals surface area contributed by atoms with Gasteiger partial charge in [0.15, 0.2) is 0 Å². The monoisotopic (exact) mass is 683 g/mol. The molecule has 0 aromatic heterocycles. The molecule has 0 spiro atoms. The number of para-hydroxylation sites is 1. The third kappa shape index (κ3) is 6.86. The first-order valence-corrected chi connectivity index (χ1v) is 14.7. The molecule has 0 heterocycles. The first-order valence-electron chi connectivity index (χ1n) is 14.7. The van der Waals surface area contributed by atoms with Crippen molar-refractivity contribution in [2.75, 3.05) is 4.90 Å². The number of rotatable bonds is 9. The van der Waals surface area contributed by atoms with Crippen molar-refractivity contribution < 1.29 is 53.4 Å². The summed E-state index contributed by atoms with van der Waals surface area (Å²) in [4.78, 5) is 15.4. The Morgan fingerprint density at radius 3 is 2.06 bits per heavy atom. The van der Waals surface area contributed by atoms with Crippen LogP contribution in [0, 0.1) is 17.5 Å². The molecule has 1 fully saturated rings. The molecule has 0 radical (unpaired) electrons. The number of halogens is 10. The standard InChI is InChI=1S/C35H27F10NO2/c1-33(22-12-14-29(37)27(18-22)20-7-5-6-8-20,23-16-24(36)19-26(17-23)48-35(44,45)32(39)40)46(25-9-3-2-4-10-25)31(47)21-11-13-30(38)28(15-21)34(41,42)43/h2-4,9-20,32H,5-8H2,1H3/t33-/m1/s1. The summed E-state index contributed by atoms with van der Waals surface area (Å²) in [6, 6.07) is 14.6. The molecule has 48 heavy (non-hydrogen) atoms. The van der Waals surface area contributed by atoms with Crippen LogP contribution in [-0.2, 0) is 11.7 Å². The van der Waals surface area contributed by atoms with Gasteiger partial charge in [-0.15, -0.1) is 0 Å². The van der Waals surface area contributed by atoms with Crippen LogP contribution < -0.4 is 9.64 Å². The Hall–Kier alpha value is -4.55. The van der Waals surface area contributed by atoms with Gasteiger partial charge in [0.25, 0.3) is 5.91 Å². The van der Waals surface area contributed by atoms with Gasteiger partial charge in [0, 0.05) is 17.3 Å². The van der Waals surface area contributed by atoms with Gasteiger partial charge in [-0.25, -0.2) is 13.2 Å². The summed E-state index contributed by atoms with van der Waals surface area (Å²) < 4.78 is 144. The second-order valence-electron chi connectivity index (χ2n) is 11.6. The molecule has 1 saturated carbocycles. The predicted molar refractivity (Wildman–Crippen MR) is 157 cm³/mol. The number of hydrogen-bond acceptors (Lipinski definition) is 2. The molecule has 4 aromatic rings. The number of amides is 1. The summed E-state index contributed by atoms with van der Waals surface area (Å²) in [6.07, 6.45) is -11.7. The molecule has 254 valence electrons. The van der Waals surface area contributed by atoms with E-state index in [2.05, 4.69) is 4.74 Å². The van der Waals surface area contributed by atoms with Gasteiger partial charge in [-0.2, -0.15) is 30.7 Å². The molecule has 13 heteroatoms. The van der Waals surface area contributed by atoms with Crippen molar-refractivity contribution in [3.05, 3.63) is 130 Å². The largest absolute Gasteiger partial charge is 0.461 e. The number of ether oxygens (including phenoxy) is 1. The van der Waals surface area contributed by atoms with Gasteiger partial charge in [0.2, 0.25) is 0 Å². The fraction of sp³-hybridized carbons (Fsp3) is 0.286. The van der Waals surface area contributed by atoms with Crippen LogP contribution in [0.15, 0.2) is 84.9 Å². The Labute approximate surface area is 268 Å². The highest BCUT2D eigenvalue weighted by molar-refractivity contribution is 6.07. The summed E-state index contributed by atoms with van der Waals surface area (Å²) >= 11 is 0. The summed E-state index contributed by atoms with van der Waals surface area (Å²) in [6.45, 7) is 1.31. The Balaban J connectivity index is 1.81. The number of nitrogens with zero attached hydrogens (tertiary/aromatic N) is 1. The molecular weight excluding hydrogens is 656 g/mol. The Bertz CT molecular complexity index is 1790. The Morgan fingerprint density at radius 2 is 1.44 bits per heavy atom. The molecule has 0 saturated heterocycles. The van der Waals surface area contributed by atoms with Crippen molar-refractivity contribution >= 4 is 11.6 Å². The van der Waals surface area contributed by atoms with Crippen molar-refractivity contribution in [3.8, 4) is 5.75 Å². The van der Waals surface area contributed by atoms with Gasteiger partial charge in [-0.3, -0.25) is 9.69 Å². The van der Waals surface area contributed by atoms with Crippen LogP contribution in [-0.4, -0.2) is 18.4 Å². The summed E-state index contributed by atoms with van der Waals surface area (Å²) in [5.41, 5.74) is -4.53. The number of anilines is 1. The van der Waals surface area contributed by atoms with Crippen molar-refractivity contribution in [3.63, 3.8) is 0 Å². The van der Waals surface area contributed by atoms with E-state index in [1.54, 1.807) is 6.07 Å². The summed E-state index contributed by atoms with van der Waals surface area (Å²) in [7, 11) is 0. The van der Waals surface area contributed by atoms with E-state index in [1.165, 1.54) is 43.3 Å². The zero-order chi connectivity index (χ0) is 35.0. The number of benzene rings is 4. The molecule has 0 N–H and O–H groups in total. The zero-order valence-electron chi connectivity index (χ0n) is 25.1. The average molecular weight is 684 g/mol. The van der Waals surface area contributed by atoms with Crippen LogP contribution in [0.4, 0.5) is 49.6 Å². The topological polar surface area (TPSA) is 29.5 Å². The number of carbonyl (C=O) groups is 1. The van der Waals surface area contributed by atoms with Crippen molar-refractivity contribution in [1.82, 2.24) is 0 Å². The lowest BCUT2D eigenvalue weighted by Gasteiger charge is -2.43. The van der Waals surface area contributed by atoms with Crippen molar-refractivity contribution in [2.24, 2.45) is 0 Å².